The smallest absolute Gasteiger partial charge is 0.407 e. The summed E-state index contributed by atoms with van der Waals surface area (Å²) in [7, 11) is -4.05. The molecule has 0 spiro atoms. The Kier molecular flexibility index (Phi) is 10.5. The Morgan fingerprint density at radius 1 is 1.11 bits per heavy atom. The number of nitrogens with two attached hydrogens (primary N) is 1. The number of carbonyl (C=O) groups is 1. The Bertz CT molecular complexity index is 1370. The molecule has 2 fully saturated rings. The summed E-state index contributed by atoms with van der Waals surface area (Å²) in [5.74, 6) is 1.33. The first-order chi connectivity index (χ1) is 21.1. The van der Waals surface area contributed by atoms with Gasteiger partial charge in [0.2, 0.25) is 16.8 Å². The number of carbonyl (C=O) groups excluding carboxylic acids is 1. The molecule has 2 aromatic rings. The van der Waals surface area contributed by atoms with Crippen molar-refractivity contribution in [1.29, 1.82) is 0 Å². The van der Waals surface area contributed by atoms with Crippen LogP contribution in [0.4, 0.5) is 4.79 Å². The molecule has 3 aliphatic rings. The van der Waals surface area contributed by atoms with E-state index in [4.69, 9.17) is 34.2 Å². The number of aliphatic hydroxyl groups excluding tert-OH is 1. The van der Waals surface area contributed by atoms with Gasteiger partial charge in [0.15, 0.2) is 17.8 Å². The van der Waals surface area contributed by atoms with E-state index in [9.17, 15) is 18.3 Å². The summed E-state index contributed by atoms with van der Waals surface area (Å²) in [4.78, 5) is 13.1. The largest absolute Gasteiger partial charge is 0.492 e. The standard InChI is InChI=1S/C30H41N3O10S/c1-19(2)15-33(44(36,37)22-7-8-26-27(14-22)42-18-41-26)16-25(34)24(13-20-3-5-21(6-4-20)38-12-10-31)32-30(35)43-28-17-40-29-23(28)9-11-39-29/h3-8,14,19,23-25,28-29,34H,9-13,15-18,31H2,1-2H3,(H,32,35)/t23-,24-,25+,28+,29+/m0/s1. The van der Waals surface area contributed by atoms with Gasteiger partial charge in [-0.2, -0.15) is 4.31 Å². The summed E-state index contributed by atoms with van der Waals surface area (Å²) in [6.07, 6.45) is -1.98. The molecule has 2 saturated heterocycles. The van der Waals surface area contributed by atoms with E-state index in [0.717, 1.165) is 12.0 Å². The van der Waals surface area contributed by atoms with Crippen LogP contribution in [0.3, 0.4) is 0 Å². The highest BCUT2D eigenvalue weighted by Crippen LogP contribution is 2.35. The highest BCUT2D eigenvalue weighted by molar-refractivity contribution is 7.89. The Morgan fingerprint density at radius 3 is 2.64 bits per heavy atom. The molecule has 0 saturated carbocycles. The van der Waals surface area contributed by atoms with Crippen molar-refractivity contribution < 1.29 is 46.7 Å². The fourth-order valence-electron chi connectivity index (χ4n) is 5.51. The van der Waals surface area contributed by atoms with Crippen molar-refractivity contribution in [3.63, 3.8) is 0 Å². The minimum atomic E-state index is -4.05. The molecule has 14 heteroatoms. The molecule has 0 unspecified atom stereocenters. The van der Waals surface area contributed by atoms with Crippen molar-refractivity contribution in [1.82, 2.24) is 9.62 Å². The van der Waals surface area contributed by atoms with Crippen LogP contribution in [-0.4, -0.2) is 94.7 Å². The van der Waals surface area contributed by atoms with Crippen LogP contribution in [0.2, 0.25) is 0 Å². The molecular formula is C30H41N3O10S. The molecule has 5 rings (SSSR count). The Balaban J connectivity index is 1.34. The number of rotatable bonds is 14. The summed E-state index contributed by atoms with van der Waals surface area (Å²) < 4.78 is 62.0. The second kappa shape index (κ2) is 14.3. The fraction of sp³-hybridized carbons (Fsp3) is 0.567. The van der Waals surface area contributed by atoms with E-state index < -0.39 is 34.4 Å². The van der Waals surface area contributed by atoms with E-state index in [2.05, 4.69) is 5.32 Å². The average molecular weight is 636 g/mol. The van der Waals surface area contributed by atoms with E-state index in [0.29, 0.717) is 37.0 Å². The van der Waals surface area contributed by atoms with Crippen LogP contribution in [0.15, 0.2) is 47.4 Å². The van der Waals surface area contributed by atoms with Crippen LogP contribution in [0.25, 0.3) is 0 Å². The monoisotopic (exact) mass is 635 g/mol. The average Bonchev–Trinajstić information content (AvgIpc) is 3.74. The number of nitrogens with one attached hydrogen (secondary N) is 1. The molecule has 0 bridgehead atoms. The molecule has 242 valence electrons. The van der Waals surface area contributed by atoms with Crippen LogP contribution in [0.5, 0.6) is 17.2 Å². The number of benzene rings is 2. The van der Waals surface area contributed by atoms with Crippen LogP contribution in [0, 0.1) is 11.8 Å². The highest BCUT2D eigenvalue weighted by Gasteiger charge is 2.44. The second-order valence-corrected chi connectivity index (χ2v) is 13.4. The third kappa shape index (κ3) is 7.73. The molecule has 5 atom stereocenters. The van der Waals surface area contributed by atoms with Gasteiger partial charge in [-0.3, -0.25) is 0 Å². The van der Waals surface area contributed by atoms with Crippen molar-refractivity contribution in [2.24, 2.45) is 17.6 Å². The van der Waals surface area contributed by atoms with Gasteiger partial charge >= 0.3 is 6.09 Å². The maximum atomic E-state index is 13.8. The number of ether oxygens (including phenoxy) is 6. The highest BCUT2D eigenvalue weighted by atomic mass is 32.2. The first-order valence-electron chi connectivity index (χ1n) is 14.8. The topological polar surface area (TPSA) is 168 Å². The second-order valence-electron chi connectivity index (χ2n) is 11.5. The first-order valence-corrected chi connectivity index (χ1v) is 16.3. The van der Waals surface area contributed by atoms with Gasteiger partial charge in [0.1, 0.15) is 18.5 Å². The van der Waals surface area contributed by atoms with Gasteiger partial charge in [-0.15, -0.1) is 0 Å². The van der Waals surface area contributed by atoms with Crippen LogP contribution in [0.1, 0.15) is 25.8 Å². The van der Waals surface area contributed by atoms with Crippen molar-refractivity contribution in [3.05, 3.63) is 48.0 Å². The molecule has 1 amide bonds. The zero-order chi connectivity index (χ0) is 31.3. The predicted octanol–water partition coefficient (Wildman–Crippen LogP) is 1.86. The van der Waals surface area contributed by atoms with Crippen molar-refractivity contribution in [2.45, 2.75) is 56.1 Å². The normalized spacial score (nSPS) is 22.2. The zero-order valence-corrected chi connectivity index (χ0v) is 25.7. The molecule has 4 N–H and O–H groups in total. The number of sulfonamides is 1. The quantitative estimate of drug-likeness (QED) is 0.277. The van der Waals surface area contributed by atoms with E-state index in [1.54, 1.807) is 18.2 Å². The number of amides is 1. The molecule has 3 heterocycles. The lowest BCUT2D eigenvalue weighted by Crippen LogP contribution is -2.51. The Morgan fingerprint density at radius 2 is 1.89 bits per heavy atom. The number of fused-ring (bicyclic) bond motifs is 2. The minimum Gasteiger partial charge on any atom is -0.492 e. The molecule has 2 aromatic carbocycles. The summed E-state index contributed by atoms with van der Waals surface area (Å²) in [5.41, 5.74) is 6.31. The van der Waals surface area contributed by atoms with Gasteiger partial charge < -0.3 is 44.6 Å². The lowest BCUT2D eigenvalue weighted by atomic mass is 10.0. The number of alkyl carbamates (subject to hydrolysis) is 1. The summed E-state index contributed by atoms with van der Waals surface area (Å²) in [6.45, 7) is 5.16. The zero-order valence-electron chi connectivity index (χ0n) is 24.9. The molecule has 13 nitrogen and oxygen atoms in total. The minimum absolute atomic E-state index is 0.0121. The van der Waals surface area contributed by atoms with Crippen LogP contribution >= 0.6 is 0 Å². The summed E-state index contributed by atoms with van der Waals surface area (Å²) >= 11 is 0. The van der Waals surface area contributed by atoms with Gasteiger partial charge in [-0.25, -0.2) is 13.2 Å². The van der Waals surface area contributed by atoms with Gasteiger partial charge in [0, 0.05) is 25.7 Å². The van der Waals surface area contributed by atoms with Gasteiger partial charge in [-0.05, 0) is 48.6 Å². The van der Waals surface area contributed by atoms with Crippen molar-refractivity contribution in [2.75, 3.05) is 46.2 Å². The Labute approximate surface area is 257 Å². The van der Waals surface area contributed by atoms with E-state index in [-0.39, 0.29) is 55.9 Å². The molecule has 0 aromatic heterocycles. The maximum absolute atomic E-state index is 13.8. The number of hydrogen-bond acceptors (Lipinski definition) is 11. The lowest BCUT2D eigenvalue weighted by Gasteiger charge is -2.31. The van der Waals surface area contributed by atoms with E-state index >= 15 is 0 Å². The molecule has 3 aliphatic heterocycles. The molecular weight excluding hydrogens is 594 g/mol. The molecule has 44 heavy (non-hydrogen) atoms. The van der Waals surface area contributed by atoms with Gasteiger partial charge in [-0.1, -0.05) is 26.0 Å². The number of aliphatic hydroxyl groups is 1. The Hall–Kier alpha value is -3.14. The number of nitrogens with zero attached hydrogens (tertiary/aromatic N) is 1. The van der Waals surface area contributed by atoms with E-state index in [1.165, 1.54) is 16.4 Å². The maximum Gasteiger partial charge on any atom is 0.407 e. The fourth-order valence-corrected chi connectivity index (χ4v) is 7.14. The SMILES string of the molecule is CC(C)CN(C[C@@H](O)[C@H](Cc1ccc(OCCN)cc1)NC(=O)O[C@@H]1CO[C@H]2OCC[C@H]21)S(=O)(=O)c1ccc2c(c1)OCO2. The lowest BCUT2D eigenvalue weighted by molar-refractivity contribution is -0.0907. The van der Waals surface area contributed by atoms with Crippen LogP contribution in [-0.2, 0) is 30.7 Å². The molecule has 0 radical (unpaired) electrons. The molecule has 0 aliphatic carbocycles. The summed E-state index contributed by atoms with van der Waals surface area (Å²) in [5, 5.41) is 14.3. The predicted molar refractivity (Wildman–Crippen MR) is 158 cm³/mol. The van der Waals surface area contributed by atoms with Crippen molar-refractivity contribution in [3.8, 4) is 17.2 Å². The van der Waals surface area contributed by atoms with Crippen LogP contribution < -0.4 is 25.3 Å². The number of hydrogen-bond donors (Lipinski definition) is 3. The van der Waals surface area contributed by atoms with E-state index in [1.807, 2.05) is 26.0 Å². The van der Waals surface area contributed by atoms with Crippen molar-refractivity contribution >= 4 is 16.1 Å². The first kappa shape index (κ1) is 32.3. The summed E-state index contributed by atoms with van der Waals surface area (Å²) in [6, 6.07) is 10.7. The third-order valence-electron chi connectivity index (χ3n) is 7.72. The third-order valence-corrected chi connectivity index (χ3v) is 9.55. The van der Waals surface area contributed by atoms with Gasteiger partial charge in [0.25, 0.3) is 0 Å². The van der Waals surface area contributed by atoms with Gasteiger partial charge in [0.05, 0.1) is 36.2 Å².